The van der Waals surface area contributed by atoms with Crippen LogP contribution in [0, 0.1) is 5.92 Å². The summed E-state index contributed by atoms with van der Waals surface area (Å²) in [4.78, 5) is 12.3. The van der Waals surface area contributed by atoms with E-state index in [0.29, 0.717) is 24.0 Å². The van der Waals surface area contributed by atoms with E-state index >= 15 is 0 Å². The minimum atomic E-state index is -0.333. The summed E-state index contributed by atoms with van der Waals surface area (Å²) in [5.74, 6) is 0.175. The summed E-state index contributed by atoms with van der Waals surface area (Å²) in [5.41, 5.74) is 6.65. The van der Waals surface area contributed by atoms with Crippen molar-refractivity contribution in [2.24, 2.45) is 5.92 Å². The first-order chi connectivity index (χ1) is 10.0. The zero-order valence-corrected chi connectivity index (χ0v) is 10.8. The maximum atomic E-state index is 8.05. The van der Waals surface area contributed by atoms with Crippen LogP contribution < -0.4 is 5.73 Å². The first-order valence-electron chi connectivity index (χ1n) is 7.35. The molecule has 0 bridgehead atoms. The molecule has 1 aliphatic carbocycles. The second kappa shape index (κ2) is 4.05. The summed E-state index contributed by atoms with van der Waals surface area (Å²) in [6, 6.07) is 0. The van der Waals surface area contributed by atoms with E-state index in [1.165, 1.54) is 0 Å². The number of imidazole rings is 1. The highest BCUT2D eigenvalue weighted by atomic mass is 35.5. The van der Waals surface area contributed by atoms with Gasteiger partial charge in [-0.3, -0.25) is 4.57 Å². The summed E-state index contributed by atoms with van der Waals surface area (Å²) < 4.78 is 23.8. The van der Waals surface area contributed by atoms with Crippen LogP contribution in [0.25, 0.3) is 11.2 Å². The van der Waals surface area contributed by atoms with E-state index in [1.54, 1.807) is 10.9 Å². The lowest BCUT2D eigenvalue weighted by molar-refractivity contribution is 0.00171. The summed E-state index contributed by atoms with van der Waals surface area (Å²) in [6.45, 7) is 0. The summed E-state index contributed by atoms with van der Waals surface area (Å²) in [7, 11) is 0. The number of hydrogen-bond donors (Lipinski definition) is 1. The first kappa shape index (κ1) is 9.50. The Morgan fingerprint density at radius 3 is 3.21 bits per heavy atom. The van der Waals surface area contributed by atoms with Crippen molar-refractivity contribution < 1.29 is 7.48 Å². The lowest BCUT2D eigenvalue weighted by Crippen LogP contribution is -2.11. The van der Waals surface area contributed by atoms with Gasteiger partial charge in [-0.05, 0) is 25.1 Å². The molecule has 2 fully saturated rings. The lowest BCUT2D eigenvalue weighted by Gasteiger charge is -2.14. The average molecular weight is 284 g/mol. The van der Waals surface area contributed by atoms with Gasteiger partial charge >= 0.3 is 0 Å². The third kappa shape index (κ3) is 1.70. The highest BCUT2D eigenvalue weighted by molar-refractivity contribution is 6.33. The van der Waals surface area contributed by atoms with E-state index in [-0.39, 0.29) is 42.1 Å². The molecule has 1 saturated heterocycles. The SMILES string of the molecule is [3H][C@@H]1C[C@@H]([3H])[C@H]2O[C@@H](n3cnc4c(Cl)nc(N)nc43)C[C@H]21. The second-order valence-electron chi connectivity index (χ2n) is 4.86. The van der Waals surface area contributed by atoms with Crippen LogP contribution in [-0.4, -0.2) is 25.6 Å². The highest BCUT2D eigenvalue weighted by Crippen LogP contribution is 2.43. The van der Waals surface area contributed by atoms with Gasteiger partial charge in [0, 0.05) is 2.74 Å². The molecular formula is C12H14ClN5O. The lowest BCUT2D eigenvalue weighted by atomic mass is 10.0. The molecule has 0 amide bonds. The Kier molecular flexibility index (Phi) is 2.02. The van der Waals surface area contributed by atoms with Gasteiger partial charge in [0.15, 0.2) is 10.8 Å². The van der Waals surface area contributed by atoms with Gasteiger partial charge < -0.3 is 10.5 Å². The number of ether oxygens (including phenoxy) is 1. The molecule has 0 spiro atoms. The monoisotopic (exact) mass is 283 g/mol. The molecule has 2 aliphatic rings. The minimum Gasteiger partial charge on any atom is -0.368 e. The van der Waals surface area contributed by atoms with Crippen molar-refractivity contribution in [1.29, 1.82) is 0 Å². The zero-order valence-electron chi connectivity index (χ0n) is 12.0. The number of anilines is 1. The van der Waals surface area contributed by atoms with E-state index in [0.717, 1.165) is 0 Å². The van der Waals surface area contributed by atoms with Crippen LogP contribution in [0.5, 0.6) is 0 Å². The Morgan fingerprint density at radius 2 is 2.37 bits per heavy atom. The van der Waals surface area contributed by atoms with Crippen molar-refractivity contribution in [3.8, 4) is 0 Å². The quantitative estimate of drug-likeness (QED) is 0.811. The van der Waals surface area contributed by atoms with Crippen LogP contribution in [0.3, 0.4) is 0 Å². The Hall–Kier alpha value is -1.40. The fraction of sp³-hybridized carbons (Fsp3) is 0.583. The largest absolute Gasteiger partial charge is 0.368 e. The van der Waals surface area contributed by atoms with Crippen molar-refractivity contribution in [2.45, 2.75) is 38.0 Å². The van der Waals surface area contributed by atoms with Crippen LogP contribution in [0.1, 0.15) is 34.6 Å². The molecular weight excluding hydrogens is 266 g/mol. The molecule has 7 heteroatoms. The highest BCUT2D eigenvalue weighted by Gasteiger charge is 2.39. The molecule has 0 unspecified atom stereocenters. The molecule has 3 heterocycles. The maximum absolute atomic E-state index is 8.05. The number of aromatic nitrogens is 4. The molecule has 1 saturated carbocycles. The topological polar surface area (TPSA) is 78.8 Å². The van der Waals surface area contributed by atoms with Gasteiger partial charge in [-0.25, -0.2) is 4.98 Å². The Bertz CT molecular complexity index is 694. The minimum absolute atomic E-state index is 0.0872. The van der Waals surface area contributed by atoms with Crippen LogP contribution in [0.15, 0.2) is 6.33 Å². The van der Waals surface area contributed by atoms with E-state index in [9.17, 15) is 0 Å². The van der Waals surface area contributed by atoms with E-state index in [2.05, 4.69) is 15.0 Å². The van der Waals surface area contributed by atoms with E-state index in [1.807, 2.05) is 0 Å². The Morgan fingerprint density at radius 1 is 1.47 bits per heavy atom. The Labute approximate surface area is 117 Å². The number of halogens is 1. The summed E-state index contributed by atoms with van der Waals surface area (Å²) in [5, 5.41) is 0.214. The van der Waals surface area contributed by atoms with Crippen molar-refractivity contribution in [1.82, 2.24) is 19.5 Å². The van der Waals surface area contributed by atoms with Crippen LogP contribution >= 0.6 is 11.6 Å². The fourth-order valence-electron chi connectivity index (χ4n) is 2.84. The number of rotatable bonds is 1. The number of nitrogen functional groups attached to an aromatic ring is 1. The van der Waals surface area contributed by atoms with Crippen molar-refractivity contribution >= 4 is 28.7 Å². The third-order valence-electron chi connectivity index (χ3n) is 3.72. The van der Waals surface area contributed by atoms with Gasteiger partial charge in [0.25, 0.3) is 0 Å². The molecule has 100 valence electrons. The van der Waals surface area contributed by atoms with E-state index in [4.69, 9.17) is 24.8 Å². The number of hydrogen-bond acceptors (Lipinski definition) is 5. The van der Waals surface area contributed by atoms with Crippen LogP contribution in [0.2, 0.25) is 5.15 Å². The fourth-order valence-corrected chi connectivity index (χ4v) is 3.06. The number of nitrogens with zero attached hydrogens (tertiary/aromatic N) is 4. The molecule has 5 atom stereocenters. The molecule has 4 rings (SSSR count). The van der Waals surface area contributed by atoms with Crippen molar-refractivity contribution in [2.75, 3.05) is 5.73 Å². The third-order valence-corrected chi connectivity index (χ3v) is 3.99. The van der Waals surface area contributed by atoms with Crippen molar-refractivity contribution in [3.05, 3.63) is 11.5 Å². The standard InChI is InChI=1S/C12H14ClN5O/c13-10-9-11(17-12(14)16-10)18(5-15-9)8-4-6-2-1-3-7(6)19-8/h5-8H,1-4H2,(H2,14,16,17)/t6-,7-,8-/m1/s1/i2T,3T/t2-,3-,6-,7-,8-. The normalized spacial score (nSPS) is 39.3. The number of nitrogens with two attached hydrogens (primary N) is 1. The molecule has 19 heavy (non-hydrogen) atoms. The Balaban J connectivity index is 1.72. The van der Waals surface area contributed by atoms with Gasteiger partial charge in [0.2, 0.25) is 5.95 Å². The van der Waals surface area contributed by atoms with Gasteiger partial charge in [-0.1, -0.05) is 18.0 Å². The summed E-state index contributed by atoms with van der Waals surface area (Å²) in [6.07, 6.45) is 1.82. The first-order valence-corrected chi connectivity index (χ1v) is 6.58. The van der Waals surface area contributed by atoms with Gasteiger partial charge in [0.05, 0.1) is 12.4 Å². The average Bonchev–Trinajstić information content (AvgIpc) is 3.06. The van der Waals surface area contributed by atoms with E-state index < -0.39 is 0 Å². The maximum Gasteiger partial charge on any atom is 0.223 e. The molecule has 1 aliphatic heterocycles. The second-order valence-corrected chi connectivity index (χ2v) is 5.22. The molecule has 2 aromatic heterocycles. The molecule has 0 aromatic carbocycles. The number of fused-ring (bicyclic) bond motifs is 2. The van der Waals surface area contributed by atoms with Crippen molar-refractivity contribution in [3.63, 3.8) is 0 Å². The predicted molar refractivity (Wildman–Crippen MR) is 70.6 cm³/mol. The smallest absolute Gasteiger partial charge is 0.223 e. The summed E-state index contributed by atoms with van der Waals surface area (Å²) >= 11 is 6.02. The zero-order chi connectivity index (χ0) is 14.7. The molecule has 6 nitrogen and oxygen atoms in total. The predicted octanol–water partition coefficient (Wildman–Crippen LogP) is 2.15. The van der Waals surface area contributed by atoms with Gasteiger partial charge in [-0.15, -0.1) is 0 Å². The molecule has 0 radical (unpaired) electrons. The van der Waals surface area contributed by atoms with Crippen LogP contribution in [0.4, 0.5) is 5.95 Å². The molecule has 2 N–H and O–H groups in total. The molecule has 2 aromatic rings. The van der Waals surface area contributed by atoms with Gasteiger partial charge in [0.1, 0.15) is 11.7 Å². The van der Waals surface area contributed by atoms with Gasteiger partial charge in [-0.2, -0.15) is 9.97 Å². The van der Waals surface area contributed by atoms with Crippen LogP contribution in [-0.2, 0) is 4.74 Å².